The monoisotopic (exact) mass is 297 g/mol. The van der Waals surface area contributed by atoms with Crippen LogP contribution in [0, 0.1) is 0 Å². The van der Waals surface area contributed by atoms with E-state index in [0.29, 0.717) is 17.4 Å². The molecule has 1 heterocycles. The molecule has 0 spiro atoms. The van der Waals surface area contributed by atoms with Crippen molar-refractivity contribution in [3.8, 4) is 5.75 Å². The zero-order valence-corrected chi connectivity index (χ0v) is 10.7. The Morgan fingerprint density at radius 1 is 1.25 bits per heavy atom. The van der Waals surface area contributed by atoms with Crippen molar-refractivity contribution < 1.29 is 4.74 Å². The number of hydrogen-bond donors (Lipinski definition) is 0. The topological polar surface area (TPSA) is 22.1 Å². The molecule has 0 bridgehead atoms. The highest BCUT2D eigenvalue weighted by molar-refractivity contribution is 9.10. The van der Waals surface area contributed by atoms with Crippen molar-refractivity contribution in [2.75, 3.05) is 0 Å². The number of halogens is 2. The van der Waals surface area contributed by atoms with E-state index < -0.39 is 0 Å². The lowest BCUT2D eigenvalue weighted by Crippen LogP contribution is -1.96. The molecule has 0 saturated heterocycles. The number of nitrogens with zero attached hydrogens (tertiary/aromatic N) is 1. The standard InChI is InChI=1S/C12H9BrClNO/c13-10-5-9(6-15-7-10)8-16-12-4-2-1-3-11(12)14/h1-7H,8H2. The molecular weight excluding hydrogens is 289 g/mol. The highest BCUT2D eigenvalue weighted by Crippen LogP contribution is 2.24. The van der Waals surface area contributed by atoms with Gasteiger partial charge in [0, 0.05) is 22.4 Å². The van der Waals surface area contributed by atoms with E-state index in [1.54, 1.807) is 18.5 Å². The van der Waals surface area contributed by atoms with E-state index in [1.807, 2.05) is 24.3 Å². The van der Waals surface area contributed by atoms with Crippen LogP contribution in [-0.2, 0) is 6.61 Å². The van der Waals surface area contributed by atoms with E-state index in [4.69, 9.17) is 16.3 Å². The Balaban J connectivity index is 2.05. The van der Waals surface area contributed by atoms with Gasteiger partial charge in [0.05, 0.1) is 5.02 Å². The van der Waals surface area contributed by atoms with Gasteiger partial charge in [0.1, 0.15) is 12.4 Å². The molecule has 0 saturated carbocycles. The first-order chi connectivity index (χ1) is 7.75. The highest BCUT2D eigenvalue weighted by atomic mass is 79.9. The molecule has 2 nitrogen and oxygen atoms in total. The number of benzene rings is 1. The number of rotatable bonds is 3. The molecule has 2 rings (SSSR count). The number of hydrogen-bond acceptors (Lipinski definition) is 2. The summed E-state index contributed by atoms with van der Waals surface area (Å²) in [6.45, 7) is 0.455. The zero-order chi connectivity index (χ0) is 11.4. The number of para-hydroxylation sites is 1. The van der Waals surface area contributed by atoms with Crippen molar-refractivity contribution in [2.24, 2.45) is 0 Å². The third-order valence-corrected chi connectivity index (χ3v) is 2.74. The minimum atomic E-state index is 0.455. The fourth-order valence-electron chi connectivity index (χ4n) is 1.26. The van der Waals surface area contributed by atoms with E-state index in [0.717, 1.165) is 10.0 Å². The predicted octanol–water partition coefficient (Wildman–Crippen LogP) is 4.08. The van der Waals surface area contributed by atoms with Crippen molar-refractivity contribution >= 4 is 27.5 Å². The van der Waals surface area contributed by atoms with Crippen LogP contribution in [0.2, 0.25) is 5.02 Å². The van der Waals surface area contributed by atoms with E-state index >= 15 is 0 Å². The Labute approximate surface area is 107 Å². The van der Waals surface area contributed by atoms with Gasteiger partial charge in [0.15, 0.2) is 0 Å². The first kappa shape index (κ1) is 11.4. The second-order valence-corrected chi connectivity index (χ2v) is 4.55. The normalized spacial score (nSPS) is 10.1. The van der Waals surface area contributed by atoms with Gasteiger partial charge in [-0.3, -0.25) is 4.98 Å². The first-order valence-electron chi connectivity index (χ1n) is 4.72. The fourth-order valence-corrected chi connectivity index (χ4v) is 1.86. The lowest BCUT2D eigenvalue weighted by Gasteiger charge is -2.07. The lowest BCUT2D eigenvalue weighted by molar-refractivity contribution is 0.306. The number of ether oxygens (including phenoxy) is 1. The Morgan fingerprint density at radius 3 is 2.81 bits per heavy atom. The largest absolute Gasteiger partial charge is 0.487 e. The van der Waals surface area contributed by atoms with Crippen LogP contribution < -0.4 is 4.74 Å². The molecule has 0 aliphatic carbocycles. The summed E-state index contributed by atoms with van der Waals surface area (Å²) in [4.78, 5) is 4.06. The fraction of sp³-hybridized carbons (Fsp3) is 0.0833. The van der Waals surface area contributed by atoms with Crippen LogP contribution in [0.15, 0.2) is 47.2 Å². The molecule has 1 aromatic carbocycles. The summed E-state index contributed by atoms with van der Waals surface area (Å²) in [5.74, 6) is 0.684. The first-order valence-corrected chi connectivity index (χ1v) is 5.89. The summed E-state index contributed by atoms with van der Waals surface area (Å²) >= 11 is 9.33. The maximum absolute atomic E-state index is 5.97. The highest BCUT2D eigenvalue weighted by Gasteiger charge is 2.00. The van der Waals surface area contributed by atoms with Gasteiger partial charge in [-0.2, -0.15) is 0 Å². The van der Waals surface area contributed by atoms with E-state index in [1.165, 1.54) is 0 Å². The van der Waals surface area contributed by atoms with Gasteiger partial charge in [-0.1, -0.05) is 23.7 Å². The van der Waals surface area contributed by atoms with Crippen LogP contribution in [0.1, 0.15) is 5.56 Å². The molecule has 0 aliphatic heterocycles. The SMILES string of the molecule is Clc1ccccc1OCc1cncc(Br)c1. The van der Waals surface area contributed by atoms with Crippen LogP contribution in [-0.4, -0.2) is 4.98 Å². The van der Waals surface area contributed by atoms with Crippen LogP contribution >= 0.6 is 27.5 Å². The number of pyridine rings is 1. The average Bonchev–Trinajstić information content (AvgIpc) is 2.28. The quantitative estimate of drug-likeness (QED) is 0.852. The van der Waals surface area contributed by atoms with Crippen molar-refractivity contribution in [1.29, 1.82) is 0 Å². The minimum absolute atomic E-state index is 0.455. The second-order valence-electron chi connectivity index (χ2n) is 3.23. The van der Waals surface area contributed by atoms with E-state index in [2.05, 4.69) is 20.9 Å². The van der Waals surface area contributed by atoms with Crippen LogP contribution in [0.3, 0.4) is 0 Å². The maximum Gasteiger partial charge on any atom is 0.138 e. The van der Waals surface area contributed by atoms with Crippen molar-refractivity contribution in [3.63, 3.8) is 0 Å². The molecule has 0 amide bonds. The molecule has 0 atom stereocenters. The number of aromatic nitrogens is 1. The van der Waals surface area contributed by atoms with E-state index in [9.17, 15) is 0 Å². The molecule has 82 valence electrons. The van der Waals surface area contributed by atoms with Crippen LogP contribution in [0.5, 0.6) is 5.75 Å². The van der Waals surface area contributed by atoms with Gasteiger partial charge >= 0.3 is 0 Å². The maximum atomic E-state index is 5.97. The molecule has 0 unspecified atom stereocenters. The third-order valence-electron chi connectivity index (χ3n) is 1.99. The molecular formula is C12H9BrClNO. The lowest BCUT2D eigenvalue weighted by atomic mass is 10.3. The van der Waals surface area contributed by atoms with Gasteiger partial charge < -0.3 is 4.74 Å². The van der Waals surface area contributed by atoms with Crippen LogP contribution in [0.4, 0.5) is 0 Å². The van der Waals surface area contributed by atoms with Crippen molar-refractivity contribution in [3.05, 3.63) is 57.8 Å². The summed E-state index contributed by atoms with van der Waals surface area (Å²) in [6.07, 6.45) is 3.50. The Morgan fingerprint density at radius 2 is 2.06 bits per heavy atom. The molecule has 2 aromatic rings. The molecule has 0 N–H and O–H groups in total. The van der Waals surface area contributed by atoms with Crippen molar-refractivity contribution in [2.45, 2.75) is 6.61 Å². The average molecular weight is 299 g/mol. The summed E-state index contributed by atoms with van der Waals surface area (Å²) in [5.41, 5.74) is 0.995. The smallest absolute Gasteiger partial charge is 0.138 e. The molecule has 4 heteroatoms. The van der Waals surface area contributed by atoms with Crippen molar-refractivity contribution in [1.82, 2.24) is 4.98 Å². The molecule has 0 radical (unpaired) electrons. The van der Waals surface area contributed by atoms with E-state index in [-0.39, 0.29) is 0 Å². The molecule has 16 heavy (non-hydrogen) atoms. The molecule has 0 aliphatic rings. The summed E-state index contributed by atoms with van der Waals surface area (Å²) in [7, 11) is 0. The molecule has 1 aromatic heterocycles. The van der Waals surface area contributed by atoms with Gasteiger partial charge in [-0.05, 0) is 34.1 Å². The summed E-state index contributed by atoms with van der Waals surface area (Å²) < 4.78 is 6.52. The van der Waals surface area contributed by atoms with Crippen LogP contribution in [0.25, 0.3) is 0 Å². The molecule has 0 fully saturated rings. The third kappa shape index (κ3) is 2.97. The summed E-state index contributed by atoms with van der Waals surface area (Å²) in [6, 6.07) is 9.36. The van der Waals surface area contributed by atoms with Gasteiger partial charge in [-0.25, -0.2) is 0 Å². The Hall–Kier alpha value is -1.06. The van der Waals surface area contributed by atoms with Gasteiger partial charge in [0.25, 0.3) is 0 Å². The summed E-state index contributed by atoms with van der Waals surface area (Å²) in [5, 5.41) is 0.616. The second kappa shape index (κ2) is 5.32. The van der Waals surface area contributed by atoms with Gasteiger partial charge in [0.2, 0.25) is 0 Å². The minimum Gasteiger partial charge on any atom is -0.487 e. The predicted molar refractivity (Wildman–Crippen MR) is 67.7 cm³/mol. The Kier molecular flexibility index (Phi) is 3.80. The Bertz CT molecular complexity index is 490. The van der Waals surface area contributed by atoms with Gasteiger partial charge in [-0.15, -0.1) is 0 Å². The zero-order valence-electron chi connectivity index (χ0n) is 8.36.